The number of hydrogen-bond donors (Lipinski definition) is 0. The van der Waals surface area contributed by atoms with Crippen LogP contribution in [0.15, 0.2) is 53.4 Å². The van der Waals surface area contributed by atoms with Gasteiger partial charge in [0, 0.05) is 31.3 Å². The van der Waals surface area contributed by atoms with Gasteiger partial charge in [-0.05, 0) is 68.1 Å². The van der Waals surface area contributed by atoms with Crippen LogP contribution in [0.1, 0.15) is 30.9 Å². The first-order chi connectivity index (χ1) is 16.1. The highest BCUT2D eigenvalue weighted by Crippen LogP contribution is 2.25. The molecule has 1 aliphatic rings. The molecule has 1 aliphatic heterocycles. The van der Waals surface area contributed by atoms with Gasteiger partial charge < -0.3 is 4.74 Å². The van der Waals surface area contributed by atoms with Crippen LogP contribution in [-0.2, 0) is 26.1 Å². The highest BCUT2D eigenvalue weighted by Gasteiger charge is 2.29. The minimum Gasteiger partial charge on any atom is -0.493 e. The Balaban J connectivity index is 1.46. The van der Waals surface area contributed by atoms with Gasteiger partial charge in [0.25, 0.3) is 0 Å². The maximum Gasteiger partial charge on any atom is 0.178 e. The molecular weight excluding hydrogens is 472 g/mol. The predicted molar refractivity (Wildman–Crippen MR) is 132 cm³/mol. The summed E-state index contributed by atoms with van der Waals surface area (Å²) in [5, 5.41) is 9.06. The fourth-order valence-corrected chi connectivity index (χ4v) is 6.47. The van der Waals surface area contributed by atoms with Gasteiger partial charge in [-0.1, -0.05) is 12.1 Å². The standard InChI is InChI=1S/C25H32N2O5S2/c1-20-15-23(18-27(20)12-11-21-5-3-6-22(16-21)17-26)19-32-24-7-9-25(10-8-24)34(30,31)14-4-13-33(2,28)29/h3,5-10,16,20,23H,4,11-15,18-19H2,1-2H3. The van der Waals surface area contributed by atoms with Crippen molar-refractivity contribution in [2.24, 2.45) is 5.92 Å². The second-order valence-electron chi connectivity index (χ2n) is 9.09. The minimum atomic E-state index is -3.52. The Morgan fingerprint density at radius 3 is 2.50 bits per heavy atom. The summed E-state index contributed by atoms with van der Waals surface area (Å²) >= 11 is 0. The average Bonchev–Trinajstić information content (AvgIpc) is 3.15. The fraction of sp³-hybridized carbons (Fsp3) is 0.480. The third-order valence-electron chi connectivity index (χ3n) is 6.13. The molecule has 0 saturated carbocycles. The van der Waals surface area contributed by atoms with E-state index < -0.39 is 19.7 Å². The van der Waals surface area contributed by atoms with Crippen molar-refractivity contribution in [2.45, 2.75) is 37.1 Å². The summed E-state index contributed by atoms with van der Waals surface area (Å²) in [6.45, 7) is 4.64. The van der Waals surface area contributed by atoms with E-state index in [4.69, 9.17) is 10.00 Å². The van der Waals surface area contributed by atoms with E-state index in [1.165, 1.54) is 12.1 Å². The van der Waals surface area contributed by atoms with Gasteiger partial charge in [-0.3, -0.25) is 4.90 Å². The fourth-order valence-electron chi connectivity index (χ4n) is 4.31. The van der Waals surface area contributed by atoms with Crippen LogP contribution in [0.2, 0.25) is 0 Å². The van der Waals surface area contributed by atoms with E-state index >= 15 is 0 Å². The van der Waals surface area contributed by atoms with Crippen LogP contribution in [-0.4, -0.2) is 65.2 Å². The van der Waals surface area contributed by atoms with E-state index in [9.17, 15) is 16.8 Å². The Kier molecular flexibility index (Phi) is 8.74. The summed E-state index contributed by atoms with van der Waals surface area (Å²) in [5.41, 5.74) is 1.85. The molecule has 184 valence electrons. The molecule has 0 N–H and O–H groups in total. The van der Waals surface area contributed by atoms with Crippen LogP contribution >= 0.6 is 0 Å². The zero-order valence-electron chi connectivity index (χ0n) is 19.7. The molecule has 2 unspecified atom stereocenters. The molecule has 2 atom stereocenters. The predicted octanol–water partition coefficient (Wildman–Crippen LogP) is 3.10. The van der Waals surface area contributed by atoms with Gasteiger partial charge in [0.1, 0.15) is 15.6 Å². The lowest BCUT2D eigenvalue weighted by molar-refractivity contribution is 0.234. The first-order valence-corrected chi connectivity index (χ1v) is 15.1. The van der Waals surface area contributed by atoms with E-state index in [2.05, 4.69) is 24.0 Å². The SMILES string of the molecule is CC1CC(COc2ccc(S(=O)(=O)CCCS(C)(=O)=O)cc2)CN1CCc1cccc(C#N)c1. The van der Waals surface area contributed by atoms with Gasteiger partial charge in [-0.25, -0.2) is 16.8 Å². The second-order valence-corrected chi connectivity index (χ2v) is 13.5. The molecule has 0 radical (unpaired) electrons. The van der Waals surface area contributed by atoms with E-state index in [0.717, 1.165) is 37.8 Å². The average molecular weight is 505 g/mol. The number of hydrogen-bond acceptors (Lipinski definition) is 7. The molecule has 0 amide bonds. The van der Waals surface area contributed by atoms with Crippen molar-refractivity contribution in [1.82, 2.24) is 4.90 Å². The van der Waals surface area contributed by atoms with Crippen LogP contribution < -0.4 is 4.74 Å². The molecule has 0 aromatic heterocycles. The lowest BCUT2D eigenvalue weighted by Crippen LogP contribution is -2.29. The number of likely N-dealkylation sites (tertiary alicyclic amines) is 1. The van der Waals surface area contributed by atoms with Crippen LogP contribution in [0.3, 0.4) is 0 Å². The Bertz CT molecular complexity index is 1220. The molecule has 2 aromatic carbocycles. The molecule has 3 rings (SSSR count). The molecule has 1 saturated heterocycles. The van der Waals surface area contributed by atoms with Crippen LogP contribution in [0.5, 0.6) is 5.75 Å². The topological polar surface area (TPSA) is 105 Å². The van der Waals surface area contributed by atoms with Crippen molar-refractivity contribution in [2.75, 3.05) is 37.5 Å². The maximum atomic E-state index is 12.4. The molecule has 0 spiro atoms. The quantitative estimate of drug-likeness (QED) is 0.463. The molecule has 2 aromatic rings. The number of nitrogens with zero attached hydrogens (tertiary/aromatic N) is 2. The van der Waals surface area contributed by atoms with E-state index in [1.54, 1.807) is 12.1 Å². The summed E-state index contributed by atoms with van der Waals surface area (Å²) in [5.74, 6) is 0.669. The number of rotatable bonds is 11. The van der Waals surface area contributed by atoms with Gasteiger partial charge in [-0.2, -0.15) is 5.26 Å². The first kappa shape index (κ1) is 26.2. The molecule has 1 heterocycles. The third kappa shape index (κ3) is 7.83. The van der Waals surface area contributed by atoms with E-state index in [-0.39, 0.29) is 22.8 Å². The summed E-state index contributed by atoms with van der Waals surface area (Å²) in [4.78, 5) is 2.62. The van der Waals surface area contributed by atoms with Crippen molar-refractivity contribution in [3.05, 3.63) is 59.7 Å². The van der Waals surface area contributed by atoms with Gasteiger partial charge in [-0.15, -0.1) is 0 Å². The van der Waals surface area contributed by atoms with Crippen molar-refractivity contribution in [3.8, 4) is 11.8 Å². The molecule has 9 heteroatoms. The Labute approximate surface area is 203 Å². The van der Waals surface area contributed by atoms with E-state index in [1.807, 2.05) is 18.2 Å². The van der Waals surface area contributed by atoms with Crippen LogP contribution in [0.4, 0.5) is 0 Å². The molecular formula is C25H32N2O5S2. The lowest BCUT2D eigenvalue weighted by Gasteiger charge is -2.21. The van der Waals surface area contributed by atoms with Crippen molar-refractivity contribution in [3.63, 3.8) is 0 Å². The normalized spacial score (nSPS) is 19.1. The lowest BCUT2D eigenvalue weighted by atomic mass is 10.1. The Morgan fingerprint density at radius 1 is 1.09 bits per heavy atom. The van der Waals surface area contributed by atoms with Crippen molar-refractivity contribution >= 4 is 19.7 Å². The number of benzene rings is 2. The maximum absolute atomic E-state index is 12.4. The minimum absolute atomic E-state index is 0.0829. The molecule has 34 heavy (non-hydrogen) atoms. The van der Waals surface area contributed by atoms with Gasteiger partial charge in [0.15, 0.2) is 9.84 Å². The first-order valence-electron chi connectivity index (χ1n) is 11.4. The molecule has 0 aliphatic carbocycles. The highest BCUT2D eigenvalue weighted by molar-refractivity contribution is 7.92. The Hall–Kier alpha value is -2.41. The van der Waals surface area contributed by atoms with Gasteiger partial charge in [0.05, 0.1) is 34.6 Å². The third-order valence-corrected chi connectivity index (χ3v) is 8.98. The number of sulfone groups is 2. The summed E-state index contributed by atoms with van der Waals surface area (Å²) in [6.07, 6.45) is 3.11. The van der Waals surface area contributed by atoms with Crippen molar-refractivity contribution < 1.29 is 21.6 Å². The van der Waals surface area contributed by atoms with Gasteiger partial charge >= 0.3 is 0 Å². The van der Waals surface area contributed by atoms with Crippen molar-refractivity contribution in [1.29, 1.82) is 5.26 Å². The zero-order valence-corrected chi connectivity index (χ0v) is 21.3. The number of ether oxygens (including phenoxy) is 1. The molecule has 7 nitrogen and oxygen atoms in total. The summed E-state index contributed by atoms with van der Waals surface area (Å²) < 4.78 is 53.2. The van der Waals surface area contributed by atoms with Crippen LogP contribution in [0.25, 0.3) is 0 Å². The largest absolute Gasteiger partial charge is 0.493 e. The highest BCUT2D eigenvalue weighted by atomic mass is 32.2. The van der Waals surface area contributed by atoms with Crippen LogP contribution in [0, 0.1) is 17.2 Å². The molecule has 1 fully saturated rings. The second kappa shape index (κ2) is 11.3. The summed E-state index contributed by atoms with van der Waals surface area (Å²) in [7, 11) is -6.70. The number of nitriles is 1. The van der Waals surface area contributed by atoms with Gasteiger partial charge in [0.2, 0.25) is 0 Å². The summed E-state index contributed by atoms with van der Waals surface area (Å²) in [6, 6.07) is 16.7. The smallest absolute Gasteiger partial charge is 0.178 e. The Morgan fingerprint density at radius 2 is 1.82 bits per heavy atom. The zero-order chi connectivity index (χ0) is 24.8. The molecule has 0 bridgehead atoms. The monoisotopic (exact) mass is 504 g/mol. The van der Waals surface area contributed by atoms with E-state index in [0.29, 0.717) is 29.9 Å².